The Hall–Kier alpha value is -3.26. The van der Waals surface area contributed by atoms with Gasteiger partial charge in [-0.05, 0) is 43.7 Å². The predicted octanol–water partition coefficient (Wildman–Crippen LogP) is 3.25. The molecule has 1 aromatic carbocycles. The number of amides is 2. The molecule has 1 N–H and O–H groups in total. The van der Waals surface area contributed by atoms with Crippen molar-refractivity contribution in [1.29, 1.82) is 0 Å². The highest BCUT2D eigenvalue weighted by atomic mass is 19.1. The average molecular weight is 456 g/mol. The van der Waals surface area contributed by atoms with Gasteiger partial charge in [0.25, 0.3) is 11.8 Å². The van der Waals surface area contributed by atoms with Gasteiger partial charge in [0, 0.05) is 31.3 Å². The van der Waals surface area contributed by atoms with E-state index in [2.05, 4.69) is 4.98 Å². The van der Waals surface area contributed by atoms with Crippen molar-refractivity contribution in [1.82, 2.24) is 14.8 Å². The maximum atomic E-state index is 13.6. The van der Waals surface area contributed by atoms with E-state index in [9.17, 15) is 19.1 Å². The second kappa shape index (κ2) is 10.6. The van der Waals surface area contributed by atoms with E-state index in [4.69, 9.17) is 4.74 Å². The molecule has 7 nitrogen and oxygen atoms in total. The van der Waals surface area contributed by atoms with Gasteiger partial charge in [-0.25, -0.2) is 9.37 Å². The van der Waals surface area contributed by atoms with Gasteiger partial charge < -0.3 is 19.6 Å². The third-order valence-corrected chi connectivity index (χ3v) is 5.77. The van der Waals surface area contributed by atoms with Crippen LogP contribution in [0.1, 0.15) is 47.1 Å². The average Bonchev–Trinajstić information content (AvgIpc) is 2.80. The number of ether oxygens (including phenoxy) is 1. The molecule has 0 spiro atoms. The van der Waals surface area contributed by atoms with Crippen LogP contribution in [0.5, 0.6) is 5.88 Å². The molecular formula is C25H30FN3O4. The van der Waals surface area contributed by atoms with E-state index in [-0.39, 0.29) is 42.3 Å². The summed E-state index contributed by atoms with van der Waals surface area (Å²) >= 11 is 0. The highest BCUT2D eigenvalue weighted by Gasteiger charge is 2.34. The molecule has 0 unspecified atom stereocenters. The summed E-state index contributed by atoms with van der Waals surface area (Å²) in [6.07, 6.45) is 4.83. The summed E-state index contributed by atoms with van der Waals surface area (Å²) in [5.74, 6) is -1.06. The molecule has 0 bridgehead atoms. The summed E-state index contributed by atoms with van der Waals surface area (Å²) in [5, 5.41) is 9.74. The largest absolute Gasteiger partial charge is 0.472 e. The second-order valence-electron chi connectivity index (χ2n) is 8.44. The standard InChI is InChI=1S/C25H30FN3O4/c1-5-7-18-10-21-23(27-12-18)33-22(16(2)13-29(25(21)32)17(3)15-30)14-28(4)24(31)19-8-6-9-20(26)11-19/h5-12,16-17,22,30H,13-15H2,1-4H3/t16-,17+,22+/m1/s1. The Bertz CT molecular complexity index is 1040. The number of likely N-dealkylation sites (N-methyl/N-ethyl adjacent to an activating group) is 1. The van der Waals surface area contributed by atoms with Crippen molar-refractivity contribution in [3.8, 4) is 5.88 Å². The Kier molecular flexibility index (Phi) is 7.81. The lowest BCUT2D eigenvalue weighted by Crippen LogP contribution is -2.50. The van der Waals surface area contributed by atoms with Crippen molar-refractivity contribution in [2.24, 2.45) is 5.92 Å². The van der Waals surface area contributed by atoms with Crippen LogP contribution >= 0.6 is 0 Å². The van der Waals surface area contributed by atoms with Crippen LogP contribution in [-0.4, -0.2) is 70.6 Å². The number of hydrogen-bond donors (Lipinski definition) is 1. The van der Waals surface area contributed by atoms with Crippen LogP contribution in [0.2, 0.25) is 0 Å². The minimum atomic E-state index is -0.480. The number of rotatable bonds is 6. The van der Waals surface area contributed by atoms with E-state index in [1.54, 1.807) is 37.2 Å². The van der Waals surface area contributed by atoms with Crippen molar-refractivity contribution in [3.63, 3.8) is 0 Å². The number of nitrogens with zero attached hydrogens (tertiary/aromatic N) is 3. The molecule has 33 heavy (non-hydrogen) atoms. The molecule has 2 aromatic rings. The summed E-state index contributed by atoms with van der Waals surface area (Å²) in [5.41, 5.74) is 1.31. The van der Waals surface area contributed by atoms with Crippen LogP contribution in [0.4, 0.5) is 4.39 Å². The quantitative estimate of drug-likeness (QED) is 0.723. The van der Waals surface area contributed by atoms with Gasteiger partial charge >= 0.3 is 0 Å². The number of carbonyl (C=O) groups excluding carboxylic acids is 2. The number of pyridine rings is 1. The molecule has 0 radical (unpaired) electrons. The van der Waals surface area contributed by atoms with Crippen molar-refractivity contribution in [2.75, 3.05) is 26.7 Å². The first-order valence-electron chi connectivity index (χ1n) is 11.0. The Morgan fingerprint density at radius 3 is 2.85 bits per heavy atom. The van der Waals surface area contributed by atoms with Crippen LogP contribution < -0.4 is 4.74 Å². The number of halogens is 1. The third-order valence-electron chi connectivity index (χ3n) is 5.77. The molecule has 0 aliphatic carbocycles. The Labute approximate surface area is 193 Å². The molecule has 2 amide bonds. The molecule has 3 atom stereocenters. The molecule has 0 saturated heterocycles. The third kappa shape index (κ3) is 5.57. The van der Waals surface area contributed by atoms with E-state index >= 15 is 0 Å². The summed E-state index contributed by atoms with van der Waals surface area (Å²) in [4.78, 5) is 33.6. The van der Waals surface area contributed by atoms with Crippen LogP contribution in [0.25, 0.3) is 6.08 Å². The van der Waals surface area contributed by atoms with Crippen molar-refractivity contribution in [3.05, 3.63) is 65.1 Å². The van der Waals surface area contributed by atoms with Crippen molar-refractivity contribution < 1.29 is 23.8 Å². The number of carbonyl (C=O) groups is 2. The van der Waals surface area contributed by atoms with Gasteiger partial charge in [-0.15, -0.1) is 0 Å². The number of aromatic nitrogens is 1. The van der Waals surface area contributed by atoms with Gasteiger partial charge in [-0.3, -0.25) is 9.59 Å². The zero-order valence-electron chi connectivity index (χ0n) is 19.4. The summed E-state index contributed by atoms with van der Waals surface area (Å²) in [6.45, 7) is 5.95. The Morgan fingerprint density at radius 2 is 2.18 bits per heavy atom. The first kappa shape index (κ1) is 24.4. The Morgan fingerprint density at radius 1 is 1.42 bits per heavy atom. The van der Waals surface area contributed by atoms with E-state index in [0.717, 1.165) is 5.56 Å². The molecular weight excluding hydrogens is 425 g/mol. The molecule has 2 heterocycles. The maximum absolute atomic E-state index is 13.6. The lowest BCUT2D eigenvalue weighted by molar-refractivity contribution is 0.0313. The monoisotopic (exact) mass is 455 g/mol. The Balaban J connectivity index is 1.93. The van der Waals surface area contributed by atoms with E-state index in [0.29, 0.717) is 12.1 Å². The van der Waals surface area contributed by atoms with Crippen LogP contribution in [-0.2, 0) is 0 Å². The first-order chi connectivity index (χ1) is 15.7. The van der Waals surface area contributed by atoms with Crippen LogP contribution in [0, 0.1) is 11.7 Å². The first-order valence-corrected chi connectivity index (χ1v) is 11.0. The van der Waals surface area contributed by atoms with Gasteiger partial charge in [0.1, 0.15) is 17.5 Å². The number of aliphatic hydroxyl groups is 1. The number of allylic oxidation sites excluding steroid dienone is 1. The maximum Gasteiger partial charge on any atom is 0.259 e. The molecule has 1 aromatic heterocycles. The molecule has 8 heteroatoms. The predicted molar refractivity (Wildman–Crippen MR) is 123 cm³/mol. The highest BCUT2D eigenvalue weighted by molar-refractivity contribution is 5.97. The molecule has 1 aliphatic heterocycles. The fourth-order valence-corrected chi connectivity index (χ4v) is 3.81. The zero-order chi connectivity index (χ0) is 24.1. The van der Waals surface area contributed by atoms with Crippen molar-refractivity contribution in [2.45, 2.75) is 32.9 Å². The van der Waals surface area contributed by atoms with Gasteiger partial charge in [0.15, 0.2) is 0 Å². The van der Waals surface area contributed by atoms with E-state index in [1.807, 2.05) is 26.0 Å². The summed E-state index contributed by atoms with van der Waals surface area (Å²) < 4.78 is 19.8. The molecule has 0 saturated carbocycles. The van der Waals surface area contributed by atoms with Crippen LogP contribution in [0.3, 0.4) is 0 Å². The minimum Gasteiger partial charge on any atom is -0.472 e. The second-order valence-corrected chi connectivity index (χ2v) is 8.44. The smallest absolute Gasteiger partial charge is 0.259 e. The topological polar surface area (TPSA) is 83.0 Å². The van der Waals surface area contributed by atoms with Gasteiger partial charge in [-0.1, -0.05) is 25.1 Å². The number of hydrogen-bond acceptors (Lipinski definition) is 5. The summed E-state index contributed by atoms with van der Waals surface area (Å²) in [6, 6.07) is 6.86. The molecule has 0 fully saturated rings. The lowest BCUT2D eigenvalue weighted by Gasteiger charge is -2.37. The van der Waals surface area contributed by atoms with Gasteiger partial charge in [0.05, 0.1) is 19.2 Å². The number of benzene rings is 1. The number of aliphatic hydroxyl groups excluding tert-OH is 1. The fraction of sp³-hybridized carbons (Fsp3) is 0.400. The van der Waals surface area contributed by atoms with Crippen molar-refractivity contribution >= 4 is 17.9 Å². The van der Waals surface area contributed by atoms with Crippen LogP contribution in [0.15, 0.2) is 42.6 Å². The summed E-state index contributed by atoms with van der Waals surface area (Å²) in [7, 11) is 1.63. The van der Waals surface area contributed by atoms with E-state index in [1.165, 1.54) is 23.1 Å². The fourth-order valence-electron chi connectivity index (χ4n) is 3.81. The van der Waals surface area contributed by atoms with Gasteiger partial charge in [0.2, 0.25) is 5.88 Å². The normalized spacial score (nSPS) is 19.5. The lowest BCUT2D eigenvalue weighted by atomic mass is 9.99. The van der Waals surface area contributed by atoms with E-state index < -0.39 is 18.0 Å². The minimum absolute atomic E-state index is 0.170. The molecule has 1 aliphatic rings. The number of fused-ring (bicyclic) bond motifs is 1. The van der Waals surface area contributed by atoms with Gasteiger partial charge in [-0.2, -0.15) is 0 Å². The molecule has 176 valence electrons. The zero-order valence-corrected chi connectivity index (χ0v) is 19.4. The SMILES string of the molecule is CC=Cc1cnc2c(c1)C(=O)N([C@@H](C)CO)C[C@@H](C)[C@H](CN(C)C(=O)c1cccc(F)c1)O2. The highest BCUT2D eigenvalue weighted by Crippen LogP contribution is 2.28. The molecule has 3 rings (SSSR count).